The van der Waals surface area contributed by atoms with Crippen molar-refractivity contribution in [1.82, 2.24) is 4.90 Å². The zero-order valence-corrected chi connectivity index (χ0v) is 19.2. The summed E-state index contributed by atoms with van der Waals surface area (Å²) >= 11 is 5.62. The van der Waals surface area contributed by atoms with Gasteiger partial charge in [-0.2, -0.15) is 13.2 Å². The highest BCUT2D eigenvalue weighted by Crippen LogP contribution is 2.36. The van der Waals surface area contributed by atoms with Crippen LogP contribution in [-0.2, 0) is 15.8 Å². The number of nitrogens with zero attached hydrogens (tertiary/aromatic N) is 1. The Morgan fingerprint density at radius 1 is 0.944 bits per heavy atom. The normalized spacial score (nSPS) is 12.4. The molecule has 0 aromatic heterocycles. The Balaban J connectivity index is 1.82. The molecular formula is C24H18ClF6N3O2. The number of amides is 2. The summed E-state index contributed by atoms with van der Waals surface area (Å²) in [6, 6.07) is 11.2. The Morgan fingerprint density at radius 2 is 1.61 bits per heavy atom. The van der Waals surface area contributed by atoms with Crippen molar-refractivity contribution >= 4 is 34.8 Å². The summed E-state index contributed by atoms with van der Waals surface area (Å²) in [4.78, 5) is 26.8. The van der Waals surface area contributed by atoms with Crippen molar-refractivity contribution in [3.05, 3.63) is 94.3 Å². The van der Waals surface area contributed by atoms with Gasteiger partial charge in [0.2, 0.25) is 11.8 Å². The van der Waals surface area contributed by atoms with Crippen LogP contribution in [0.5, 0.6) is 0 Å². The summed E-state index contributed by atoms with van der Waals surface area (Å²) < 4.78 is 80.1. The van der Waals surface area contributed by atoms with Crippen LogP contribution in [0.15, 0.2) is 60.7 Å². The first-order chi connectivity index (χ1) is 16.9. The molecule has 5 nitrogen and oxygen atoms in total. The Hall–Kier alpha value is -3.57. The van der Waals surface area contributed by atoms with Gasteiger partial charge in [-0.3, -0.25) is 14.5 Å². The maximum absolute atomic E-state index is 13.9. The summed E-state index contributed by atoms with van der Waals surface area (Å²) in [5.41, 5.74) is -1.53. The maximum Gasteiger partial charge on any atom is 0.417 e. The van der Waals surface area contributed by atoms with Crippen molar-refractivity contribution in [3.63, 3.8) is 0 Å². The van der Waals surface area contributed by atoms with Gasteiger partial charge in [0.05, 0.1) is 22.8 Å². The van der Waals surface area contributed by atoms with Crippen molar-refractivity contribution in [3.8, 4) is 0 Å². The highest BCUT2D eigenvalue weighted by atomic mass is 35.5. The van der Waals surface area contributed by atoms with E-state index in [9.17, 15) is 35.9 Å². The molecule has 3 aromatic carbocycles. The van der Waals surface area contributed by atoms with Crippen LogP contribution >= 0.6 is 11.6 Å². The van der Waals surface area contributed by atoms with Gasteiger partial charge in [-0.05, 0) is 42.9 Å². The van der Waals surface area contributed by atoms with Crippen LogP contribution in [0.25, 0.3) is 0 Å². The maximum atomic E-state index is 13.9. The molecule has 0 unspecified atom stereocenters. The van der Waals surface area contributed by atoms with Gasteiger partial charge in [0.25, 0.3) is 0 Å². The Kier molecular flexibility index (Phi) is 8.26. The average molecular weight is 530 g/mol. The van der Waals surface area contributed by atoms with Gasteiger partial charge in [-0.15, -0.1) is 0 Å². The molecule has 3 aromatic rings. The van der Waals surface area contributed by atoms with Crippen LogP contribution in [0.4, 0.5) is 37.7 Å². The van der Waals surface area contributed by atoms with Crippen LogP contribution in [0.2, 0.25) is 5.02 Å². The summed E-state index contributed by atoms with van der Waals surface area (Å²) in [5.74, 6) is -6.41. The monoisotopic (exact) mass is 529 g/mol. The predicted octanol–water partition coefficient (Wildman–Crippen LogP) is 6.03. The van der Waals surface area contributed by atoms with Crippen molar-refractivity contribution in [1.29, 1.82) is 0 Å². The van der Waals surface area contributed by atoms with Gasteiger partial charge in [-0.25, -0.2) is 13.2 Å². The lowest BCUT2D eigenvalue weighted by atomic mass is 10.0. The van der Waals surface area contributed by atoms with Crippen molar-refractivity contribution in [2.75, 3.05) is 24.2 Å². The predicted molar refractivity (Wildman–Crippen MR) is 122 cm³/mol. The second-order valence-electron chi connectivity index (χ2n) is 7.68. The Morgan fingerprint density at radius 3 is 2.25 bits per heavy atom. The zero-order chi connectivity index (χ0) is 26.6. The van der Waals surface area contributed by atoms with E-state index in [2.05, 4.69) is 10.6 Å². The van der Waals surface area contributed by atoms with Gasteiger partial charge < -0.3 is 10.6 Å². The fraction of sp³-hybridized carbons (Fsp3) is 0.167. The van der Waals surface area contributed by atoms with Crippen LogP contribution in [-0.4, -0.2) is 30.3 Å². The number of alkyl halides is 3. The van der Waals surface area contributed by atoms with Crippen molar-refractivity contribution in [2.24, 2.45) is 0 Å². The number of likely N-dealkylation sites (N-methyl/N-ethyl adjacent to an activating group) is 1. The second kappa shape index (κ2) is 11.0. The van der Waals surface area contributed by atoms with Crippen LogP contribution in [0, 0.1) is 17.5 Å². The average Bonchev–Trinajstić information content (AvgIpc) is 2.81. The van der Waals surface area contributed by atoms with Crippen molar-refractivity contribution < 1.29 is 35.9 Å². The molecule has 0 heterocycles. The molecule has 1 atom stereocenters. The molecule has 0 radical (unpaired) electrons. The quantitative estimate of drug-likeness (QED) is 0.290. The molecule has 0 aliphatic rings. The number of nitrogens with one attached hydrogen (secondary N) is 2. The largest absolute Gasteiger partial charge is 0.417 e. The van der Waals surface area contributed by atoms with Crippen molar-refractivity contribution in [2.45, 2.75) is 12.2 Å². The molecule has 0 fully saturated rings. The lowest BCUT2D eigenvalue weighted by Crippen LogP contribution is -2.39. The topological polar surface area (TPSA) is 61.4 Å². The second-order valence-corrected chi connectivity index (χ2v) is 8.09. The fourth-order valence-corrected chi connectivity index (χ4v) is 3.63. The van der Waals surface area contributed by atoms with E-state index in [4.69, 9.17) is 11.6 Å². The van der Waals surface area contributed by atoms with Gasteiger partial charge in [0.15, 0.2) is 17.5 Å². The van der Waals surface area contributed by atoms with Gasteiger partial charge in [-0.1, -0.05) is 41.9 Å². The highest BCUT2D eigenvalue weighted by molar-refractivity contribution is 6.31. The molecule has 0 saturated carbocycles. The Bertz CT molecular complexity index is 1270. The molecule has 190 valence electrons. The van der Waals surface area contributed by atoms with Gasteiger partial charge in [0, 0.05) is 5.69 Å². The lowest BCUT2D eigenvalue weighted by molar-refractivity contribution is -0.137. The third kappa shape index (κ3) is 6.35. The molecule has 2 amide bonds. The van der Waals surface area contributed by atoms with Crippen LogP contribution in [0.1, 0.15) is 17.2 Å². The Labute approximate surface area is 206 Å². The first-order valence-corrected chi connectivity index (χ1v) is 10.6. The smallest absolute Gasteiger partial charge is 0.324 e. The molecular weight excluding hydrogens is 512 g/mol. The first kappa shape index (κ1) is 27.0. The lowest BCUT2D eigenvalue weighted by Gasteiger charge is -2.27. The standard InChI is InChI=1S/C24H18ClF6N3O2/c1-34(12-19(35)33-18-10-9-17(26)20(27)21(18)28)22(13-5-3-2-4-6-13)23(36)32-14-7-8-16(25)15(11-14)24(29,30)31/h2-11,22H,12H2,1H3,(H,32,36)(H,33,35)/t22-/m1/s1. The number of anilines is 2. The molecule has 0 saturated heterocycles. The minimum absolute atomic E-state index is 0.181. The molecule has 0 spiro atoms. The van der Waals surface area contributed by atoms with Gasteiger partial charge in [0.1, 0.15) is 6.04 Å². The first-order valence-electron chi connectivity index (χ1n) is 10.2. The molecule has 36 heavy (non-hydrogen) atoms. The number of carbonyl (C=O) groups is 2. The van der Waals surface area contributed by atoms with E-state index in [0.717, 1.165) is 12.1 Å². The molecule has 0 bridgehead atoms. The summed E-state index contributed by atoms with van der Waals surface area (Å²) in [6.07, 6.45) is -4.75. The number of hydrogen-bond acceptors (Lipinski definition) is 3. The molecule has 0 aliphatic heterocycles. The van der Waals surface area contributed by atoms with E-state index in [-0.39, 0.29) is 5.69 Å². The number of halogens is 7. The molecule has 3 rings (SSSR count). The number of carbonyl (C=O) groups excluding carboxylic acids is 2. The van der Waals surface area contributed by atoms with E-state index in [1.165, 1.54) is 18.0 Å². The summed E-state index contributed by atoms with van der Waals surface area (Å²) in [7, 11) is 1.38. The minimum Gasteiger partial charge on any atom is -0.324 e. The SMILES string of the molecule is CN(CC(=O)Nc1ccc(F)c(F)c1F)[C@@H](C(=O)Nc1ccc(Cl)c(C(F)(F)F)c1)c1ccccc1. The van der Waals surface area contributed by atoms with E-state index in [0.29, 0.717) is 17.7 Å². The van der Waals surface area contributed by atoms with E-state index in [1.807, 2.05) is 0 Å². The van der Waals surface area contributed by atoms with Crippen LogP contribution in [0.3, 0.4) is 0 Å². The summed E-state index contributed by atoms with van der Waals surface area (Å²) in [6.45, 7) is -0.514. The molecule has 2 N–H and O–H groups in total. The zero-order valence-electron chi connectivity index (χ0n) is 18.5. The minimum atomic E-state index is -4.75. The van der Waals surface area contributed by atoms with E-state index < -0.39 is 64.3 Å². The summed E-state index contributed by atoms with van der Waals surface area (Å²) in [5, 5.41) is 3.94. The highest BCUT2D eigenvalue weighted by Gasteiger charge is 2.34. The number of rotatable bonds is 7. The molecule has 0 aliphatic carbocycles. The third-order valence-electron chi connectivity index (χ3n) is 5.05. The van der Waals surface area contributed by atoms with E-state index in [1.54, 1.807) is 30.3 Å². The third-order valence-corrected chi connectivity index (χ3v) is 5.38. The fourth-order valence-electron chi connectivity index (χ4n) is 3.40. The number of benzene rings is 3. The molecule has 12 heteroatoms. The van der Waals surface area contributed by atoms with Gasteiger partial charge >= 0.3 is 6.18 Å². The number of hydrogen-bond donors (Lipinski definition) is 2. The van der Waals surface area contributed by atoms with E-state index >= 15 is 0 Å². The van der Waals surface area contributed by atoms with Crippen LogP contribution < -0.4 is 10.6 Å².